The molecule has 0 saturated carbocycles. The smallest absolute Gasteiger partial charge is 0.229 e. The predicted molar refractivity (Wildman–Crippen MR) is 115 cm³/mol. The molecule has 1 unspecified atom stereocenters. The quantitative estimate of drug-likeness (QED) is 0.402. The Kier molecular flexibility index (Phi) is 8.35. The summed E-state index contributed by atoms with van der Waals surface area (Å²) in [5.74, 6) is 0.897. The number of carbonyl (C=O) groups is 1. The molecule has 1 atom stereocenters. The summed E-state index contributed by atoms with van der Waals surface area (Å²) in [7, 11) is 1.76. The van der Waals surface area contributed by atoms with Gasteiger partial charge < -0.3 is 15.5 Å². The number of guanidine groups is 1. The van der Waals surface area contributed by atoms with Crippen molar-refractivity contribution in [2.45, 2.75) is 31.1 Å². The third-order valence-electron chi connectivity index (χ3n) is 3.99. The lowest BCUT2D eigenvalue weighted by Crippen LogP contribution is -2.47. The van der Waals surface area contributed by atoms with Crippen LogP contribution in [0.3, 0.4) is 0 Å². The summed E-state index contributed by atoms with van der Waals surface area (Å²) in [6.45, 7) is 5.86. The first kappa shape index (κ1) is 21.1. The minimum Gasteiger partial charge on any atom is -0.355 e. The van der Waals surface area contributed by atoms with Gasteiger partial charge in [-0.1, -0.05) is 18.2 Å². The largest absolute Gasteiger partial charge is 0.355 e. The Bertz CT molecular complexity index is 565. The predicted octanol–water partition coefficient (Wildman–Crippen LogP) is 2.72. The number of thioether (sulfide) groups is 1. The van der Waals surface area contributed by atoms with Gasteiger partial charge in [0, 0.05) is 37.0 Å². The van der Waals surface area contributed by atoms with E-state index in [1.54, 1.807) is 7.05 Å². The number of hydrogen-bond donors (Lipinski definition) is 2. The van der Waals surface area contributed by atoms with Gasteiger partial charge in [0.2, 0.25) is 5.91 Å². The summed E-state index contributed by atoms with van der Waals surface area (Å²) < 4.78 is 0.138. The second-order valence-corrected chi connectivity index (χ2v) is 7.79. The number of para-hydroxylation sites is 1. The van der Waals surface area contributed by atoms with Gasteiger partial charge in [-0.15, -0.1) is 24.0 Å². The molecule has 2 rings (SSSR count). The Morgan fingerprint density at radius 3 is 2.62 bits per heavy atom. The van der Waals surface area contributed by atoms with Crippen LogP contribution in [0.1, 0.15) is 20.3 Å². The maximum Gasteiger partial charge on any atom is 0.229 e. The molecule has 1 amide bonds. The lowest BCUT2D eigenvalue weighted by molar-refractivity contribution is -0.117. The zero-order chi connectivity index (χ0) is 16.9. The highest BCUT2D eigenvalue weighted by Gasteiger charge is 2.31. The number of amides is 1. The van der Waals surface area contributed by atoms with Gasteiger partial charge in [0.25, 0.3) is 0 Å². The van der Waals surface area contributed by atoms with E-state index in [0.717, 1.165) is 18.2 Å². The number of halogens is 1. The molecule has 1 heterocycles. The molecule has 1 aliphatic rings. The van der Waals surface area contributed by atoms with Crippen LogP contribution in [0.2, 0.25) is 0 Å². The molecule has 24 heavy (non-hydrogen) atoms. The molecule has 2 N–H and O–H groups in total. The molecule has 0 bridgehead atoms. The Balaban J connectivity index is 0.00000288. The molecular formula is C17H27IN4OS. The summed E-state index contributed by atoms with van der Waals surface area (Å²) in [5, 5.41) is 6.70. The fourth-order valence-electron chi connectivity index (χ4n) is 2.42. The second-order valence-electron chi connectivity index (χ2n) is 6.27. The van der Waals surface area contributed by atoms with Gasteiger partial charge in [-0.3, -0.25) is 9.79 Å². The van der Waals surface area contributed by atoms with Gasteiger partial charge in [-0.25, -0.2) is 0 Å². The molecule has 1 aliphatic heterocycles. The van der Waals surface area contributed by atoms with Crippen LogP contribution in [-0.2, 0) is 4.79 Å². The Hall–Kier alpha value is -0.960. The Labute approximate surface area is 166 Å². The van der Waals surface area contributed by atoms with Crippen molar-refractivity contribution in [1.29, 1.82) is 0 Å². The van der Waals surface area contributed by atoms with Crippen molar-refractivity contribution >= 4 is 53.3 Å². The molecule has 5 nitrogen and oxygen atoms in total. The van der Waals surface area contributed by atoms with E-state index in [9.17, 15) is 4.79 Å². The number of benzene rings is 1. The minimum atomic E-state index is 0. The van der Waals surface area contributed by atoms with Crippen molar-refractivity contribution in [3.8, 4) is 0 Å². The van der Waals surface area contributed by atoms with Crippen molar-refractivity contribution in [3.63, 3.8) is 0 Å². The molecule has 1 saturated heterocycles. The summed E-state index contributed by atoms with van der Waals surface area (Å²) >= 11 is 1.81. The van der Waals surface area contributed by atoms with E-state index in [1.165, 1.54) is 0 Å². The normalized spacial score (nSPS) is 18.3. The van der Waals surface area contributed by atoms with Crippen molar-refractivity contribution in [3.05, 3.63) is 30.3 Å². The fraction of sp³-hybridized carbons (Fsp3) is 0.529. The van der Waals surface area contributed by atoms with E-state index in [0.29, 0.717) is 13.0 Å². The summed E-state index contributed by atoms with van der Waals surface area (Å²) in [6.07, 6.45) is 2.59. The maximum atomic E-state index is 12.2. The number of hydrogen-bond acceptors (Lipinski definition) is 3. The molecule has 1 aromatic rings. The van der Waals surface area contributed by atoms with Gasteiger partial charge in [-0.2, -0.15) is 11.8 Å². The Morgan fingerprint density at radius 1 is 1.38 bits per heavy atom. The van der Waals surface area contributed by atoms with Gasteiger partial charge in [0.05, 0.1) is 6.04 Å². The fourth-order valence-corrected chi connectivity index (χ4v) is 2.63. The molecule has 0 aliphatic carbocycles. The highest BCUT2D eigenvalue weighted by Crippen LogP contribution is 2.21. The average Bonchev–Trinajstić information content (AvgIpc) is 2.92. The number of nitrogens with zero attached hydrogens (tertiary/aromatic N) is 2. The first-order chi connectivity index (χ1) is 10.9. The lowest BCUT2D eigenvalue weighted by atomic mass is 10.2. The van der Waals surface area contributed by atoms with Crippen molar-refractivity contribution < 1.29 is 4.79 Å². The van der Waals surface area contributed by atoms with E-state index in [2.05, 4.69) is 35.7 Å². The van der Waals surface area contributed by atoms with Gasteiger partial charge in [0.1, 0.15) is 0 Å². The molecule has 0 spiro atoms. The summed E-state index contributed by atoms with van der Waals surface area (Å²) in [4.78, 5) is 18.3. The third-order valence-corrected chi connectivity index (χ3v) is 5.24. The van der Waals surface area contributed by atoms with Crippen molar-refractivity contribution in [1.82, 2.24) is 10.6 Å². The first-order valence-corrected chi connectivity index (χ1v) is 9.05. The average molecular weight is 462 g/mol. The van der Waals surface area contributed by atoms with E-state index in [4.69, 9.17) is 0 Å². The Morgan fingerprint density at radius 2 is 2.04 bits per heavy atom. The molecule has 0 radical (unpaired) electrons. The number of aliphatic imine (C=N–C) groups is 1. The van der Waals surface area contributed by atoms with Gasteiger partial charge in [-0.05, 0) is 32.2 Å². The SMILES string of the molecule is CN=C(NCC(C)(C)SC)NC1CC(=O)N(c2ccccc2)C1.I. The second kappa shape index (κ2) is 9.50. The zero-order valence-corrected chi connectivity index (χ0v) is 17.9. The number of carbonyl (C=O) groups excluding carboxylic acids is 1. The highest BCUT2D eigenvalue weighted by molar-refractivity contribution is 14.0. The van der Waals surface area contributed by atoms with Gasteiger partial charge in [0.15, 0.2) is 5.96 Å². The van der Waals surface area contributed by atoms with Crippen LogP contribution in [0.5, 0.6) is 0 Å². The molecule has 1 aromatic carbocycles. The lowest BCUT2D eigenvalue weighted by Gasteiger charge is -2.25. The molecular weight excluding hydrogens is 435 g/mol. The first-order valence-electron chi connectivity index (χ1n) is 7.83. The van der Waals surface area contributed by atoms with Crippen LogP contribution < -0.4 is 15.5 Å². The molecule has 0 aromatic heterocycles. The number of rotatable bonds is 5. The summed E-state index contributed by atoms with van der Waals surface area (Å²) in [5.41, 5.74) is 0.952. The van der Waals surface area contributed by atoms with Crippen LogP contribution in [0.25, 0.3) is 0 Å². The van der Waals surface area contributed by atoms with Crippen LogP contribution in [0.4, 0.5) is 5.69 Å². The zero-order valence-electron chi connectivity index (χ0n) is 14.7. The highest BCUT2D eigenvalue weighted by atomic mass is 127. The summed E-state index contributed by atoms with van der Waals surface area (Å²) in [6, 6.07) is 9.87. The van der Waals surface area contributed by atoms with Crippen molar-refractivity contribution in [2.24, 2.45) is 4.99 Å². The third kappa shape index (κ3) is 5.84. The number of nitrogens with one attached hydrogen (secondary N) is 2. The van der Waals surface area contributed by atoms with E-state index < -0.39 is 0 Å². The standard InChI is InChI=1S/C17H26N4OS.HI/c1-17(2,23-4)12-19-16(18-3)20-13-10-15(22)21(11-13)14-8-6-5-7-9-14;/h5-9,13H,10-12H2,1-4H3,(H2,18,19,20);1H. The van der Waals surface area contributed by atoms with E-state index >= 15 is 0 Å². The molecule has 1 fully saturated rings. The van der Waals surface area contributed by atoms with Crippen LogP contribution >= 0.6 is 35.7 Å². The van der Waals surface area contributed by atoms with Gasteiger partial charge >= 0.3 is 0 Å². The number of anilines is 1. The monoisotopic (exact) mass is 462 g/mol. The topological polar surface area (TPSA) is 56.7 Å². The minimum absolute atomic E-state index is 0. The van der Waals surface area contributed by atoms with Crippen LogP contribution in [0.15, 0.2) is 35.3 Å². The van der Waals surface area contributed by atoms with Crippen molar-refractivity contribution in [2.75, 3.05) is 31.3 Å². The molecule has 7 heteroatoms. The maximum absolute atomic E-state index is 12.2. The van der Waals surface area contributed by atoms with E-state index in [-0.39, 0.29) is 40.7 Å². The van der Waals surface area contributed by atoms with Crippen LogP contribution in [-0.4, -0.2) is 49.0 Å². The molecule has 134 valence electrons. The van der Waals surface area contributed by atoms with Crippen LogP contribution in [0, 0.1) is 0 Å². The van der Waals surface area contributed by atoms with E-state index in [1.807, 2.05) is 47.0 Å².